The fourth-order valence-corrected chi connectivity index (χ4v) is 2.99. The predicted molar refractivity (Wildman–Crippen MR) is 92.8 cm³/mol. The number of nitrogens with one attached hydrogen (secondary N) is 1. The van der Waals surface area contributed by atoms with Crippen molar-refractivity contribution in [3.8, 4) is 17.1 Å². The maximum atomic E-state index is 12.4. The van der Waals surface area contributed by atoms with E-state index in [9.17, 15) is 22.8 Å². The van der Waals surface area contributed by atoms with Gasteiger partial charge >= 0.3 is 16.9 Å². The van der Waals surface area contributed by atoms with E-state index in [4.69, 9.17) is 11.6 Å². The number of alkyl halides is 3. The second kappa shape index (κ2) is 7.00. The molecule has 0 aliphatic heterocycles. The number of halogens is 4. The Morgan fingerprint density at radius 1 is 1.04 bits per heavy atom. The molecule has 3 aromatic rings. The molecule has 0 fully saturated rings. The van der Waals surface area contributed by atoms with Gasteiger partial charge in [0.2, 0.25) is 0 Å². The van der Waals surface area contributed by atoms with Gasteiger partial charge in [0.1, 0.15) is 5.82 Å². The summed E-state index contributed by atoms with van der Waals surface area (Å²) in [4.78, 5) is 30.8. The van der Waals surface area contributed by atoms with Gasteiger partial charge in [-0.25, -0.2) is 14.2 Å². The Balaban J connectivity index is 2.01. The molecule has 0 radical (unpaired) electrons. The van der Waals surface area contributed by atoms with Gasteiger partial charge in [-0.3, -0.25) is 4.98 Å². The zero-order chi connectivity index (χ0) is 18.9. The van der Waals surface area contributed by atoms with Crippen LogP contribution in [0.15, 0.2) is 63.0 Å². The van der Waals surface area contributed by atoms with E-state index in [0.29, 0.717) is 10.6 Å². The van der Waals surface area contributed by atoms with Crippen molar-refractivity contribution in [2.45, 2.75) is 10.4 Å². The molecular weight excluding hydrogens is 391 g/mol. The van der Waals surface area contributed by atoms with Crippen LogP contribution in [-0.2, 0) is 0 Å². The lowest BCUT2D eigenvalue weighted by Gasteiger charge is -2.08. The zero-order valence-electron chi connectivity index (χ0n) is 12.7. The summed E-state index contributed by atoms with van der Waals surface area (Å²) in [6.45, 7) is 0. The van der Waals surface area contributed by atoms with Crippen LogP contribution in [0.2, 0.25) is 5.02 Å². The van der Waals surface area contributed by atoms with Crippen LogP contribution in [0.5, 0.6) is 0 Å². The average molecular weight is 400 g/mol. The Bertz CT molecular complexity index is 1030. The fraction of sp³-hybridized carbons (Fsp3) is 0.0625. The molecule has 3 rings (SSSR count). The largest absolute Gasteiger partial charge is 0.446 e. The molecular formula is C16H9ClF3N3O2S. The molecule has 1 aromatic heterocycles. The van der Waals surface area contributed by atoms with Crippen LogP contribution in [0.1, 0.15) is 0 Å². The monoisotopic (exact) mass is 399 g/mol. The summed E-state index contributed by atoms with van der Waals surface area (Å²) in [5, 5.41) is 0.307. The van der Waals surface area contributed by atoms with Gasteiger partial charge in [0.05, 0.1) is 10.7 Å². The predicted octanol–water partition coefficient (Wildman–Crippen LogP) is 3.85. The number of H-pyrrole nitrogens is 1. The second-order valence-corrected chi connectivity index (χ2v) is 6.58. The molecule has 0 spiro atoms. The third-order valence-electron chi connectivity index (χ3n) is 3.28. The summed E-state index contributed by atoms with van der Waals surface area (Å²) in [5.74, 6) is 0.00565. The first-order valence-corrected chi connectivity index (χ1v) is 8.28. The van der Waals surface area contributed by atoms with Gasteiger partial charge in [-0.1, -0.05) is 23.7 Å². The molecule has 0 aliphatic carbocycles. The molecule has 1 heterocycles. The standard InChI is InChI=1S/C16H9ClF3N3O2S/c17-12-4-2-1-3-11(12)13-21-14(24)23(15(25)22-13)9-5-7-10(8-6-9)26-16(18,19)20/h1-8H,(H,21,22,24,25). The Morgan fingerprint density at radius 2 is 1.69 bits per heavy atom. The molecule has 0 amide bonds. The van der Waals surface area contributed by atoms with Crippen LogP contribution in [-0.4, -0.2) is 20.0 Å². The summed E-state index contributed by atoms with van der Waals surface area (Å²) >= 11 is 5.74. The van der Waals surface area contributed by atoms with E-state index in [1.165, 1.54) is 24.3 Å². The van der Waals surface area contributed by atoms with E-state index < -0.39 is 16.9 Å². The maximum Gasteiger partial charge on any atom is 0.446 e. The minimum absolute atomic E-state index is 0.00565. The van der Waals surface area contributed by atoms with Crippen molar-refractivity contribution >= 4 is 23.4 Å². The van der Waals surface area contributed by atoms with Crippen molar-refractivity contribution in [1.29, 1.82) is 0 Å². The number of aromatic amines is 1. The van der Waals surface area contributed by atoms with E-state index >= 15 is 0 Å². The normalized spacial score (nSPS) is 11.5. The molecule has 0 saturated carbocycles. The first-order chi connectivity index (χ1) is 12.2. The highest BCUT2D eigenvalue weighted by Crippen LogP contribution is 2.36. The van der Waals surface area contributed by atoms with Crippen molar-refractivity contribution in [3.63, 3.8) is 0 Å². The van der Waals surface area contributed by atoms with E-state index in [0.717, 1.165) is 4.57 Å². The van der Waals surface area contributed by atoms with Crippen LogP contribution in [0.25, 0.3) is 17.1 Å². The Kier molecular flexibility index (Phi) is 4.92. The van der Waals surface area contributed by atoms with Crippen LogP contribution in [0, 0.1) is 0 Å². The minimum atomic E-state index is -4.42. The minimum Gasteiger partial charge on any atom is -0.291 e. The molecule has 0 bridgehead atoms. The number of hydrogen-bond acceptors (Lipinski definition) is 4. The number of rotatable bonds is 3. The van der Waals surface area contributed by atoms with Gasteiger partial charge in [0, 0.05) is 10.5 Å². The Morgan fingerprint density at radius 3 is 2.27 bits per heavy atom. The topological polar surface area (TPSA) is 67.8 Å². The number of hydrogen-bond donors (Lipinski definition) is 1. The summed E-state index contributed by atoms with van der Waals surface area (Å²) in [6, 6.07) is 11.3. The average Bonchev–Trinajstić information content (AvgIpc) is 2.55. The van der Waals surface area contributed by atoms with Crippen molar-refractivity contribution in [3.05, 3.63) is 74.5 Å². The van der Waals surface area contributed by atoms with Crippen LogP contribution in [0.4, 0.5) is 13.2 Å². The van der Waals surface area contributed by atoms with E-state index in [1.54, 1.807) is 24.3 Å². The molecule has 5 nitrogen and oxygen atoms in total. The van der Waals surface area contributed by atoms with Gasteiger partial charge in [0.25, 0.3) is 0 Å². The SMILES string of the molecule is O=c1nc(-c2ccccc2Cl)[nH]c(=O)n1-c1ccc(SC(F)(F)F)cc1. The molecule has 10 heteroatoms. The lowest BCUT2D eigenvalue weighted by molar-refractivity contribution is -0.0328. The quantitative estimate of drug-likeness (QED) is 0.679. The lowest BCUT2D eigenvalue weighted by Crippen LogP contribution is -2.36. The van der Waals surface area contributed by atoms with Crippen LogP contribution in [0.3, 0.4) is 0 Å². The second-order valence-electron chi connectivity index (χ2n) is 5.03. The third kappa shape index (κ3) is 4.00. The van der Waals surface area contributed by atoms with Crippen molar-refractivity contribution < 1.29 is 13.2 Å². The first-order valence-electron chi connectivity index (χ1n) is 7.09. The Hall–Kier alpha value is -2.52. The van der Waals surface area contributed by atoms with Gasteiger partial charge < -0.3 is 0 Å². The van der Waals surface area contributed by atoms with Crippen LogP contribution < -0.4 is 11.4 Å². The van der Waals surface area contributed by atoms with Crippen molar-refractivity contribution in [2.75, 3.05) is 0 Å². The third-order valence-corrected chi connectivity index (χ3v) is 4.35. The number of thioether (sulfide) groups is 1. The van der Waals surface area contributed by atoms with Gasteiger partial charge in [-0.15, -0.1) is 0 Å². The van der Waals surface area contributed by atoms with Crippen molar-refractivity contribution in [1.82, 2.24) is 14.5 Å². The summed E-state index contributed by atoms with van der Waals surface area (Å²) in [6.07, 6.45) is 0. The van der Waals surface area contributed by atoms with E-state index in [-0.39, 0.29) is 28.2 Å². The highest BCUT2D eigenvalue weighted by atomic mass is 35.5. The van der Waals surface area contributed by atoms with Crippen LogP contribution >= 0.6 is 23.4 Å². The molecule has 0 unspecified atom stereocenters. The first kappa shape index (κ1) is 18.3. The molecule has 2 aromatic carbocycles. The smallest absolute Gasteiger partial charge is 0.291 e. The molecule has 0 aliphatic rings. The van der Waals surface area contributed by atoms with E-state index in [2.05, 4.69) is 9.97 Å². The molecule has 26 heavy (non-hydrogen) atoms. The summed E-state index contributed by atoms with van der Waals surface area (Å²) < 4.78 is 37.8. The molecule has 0 atom stereocenters. The lowest BCUT2D eigenvalue weighted by atomic mass is 10.2. The fourth-order valence-electron chi connectivity index (χ4n) is 2.22. The summed E-state index contributed by atoms with van der Waals surface area (Å²) in [5.41, 5.74) is -5.60. The maximum absolute atomic E-state index is 12.4. The molecule has 134 valence electrons. The number of benzene rings is 2. The van der Waals surface area contributed by atoms with Gasteiger partial charge in [-0.05, 0) is 48.2 Å². The van der Waals surface area contributed by atoms with Crippen molar-refractivity contribution in [2.24, 2.45) is 0 Å². The molecule has 0 saturated heterocycles. The summed E-state index contributed by atoms with van der Waals surface area (Å²) in [7, 11) is 0. The van der Waals surface area contributed by atoms with E-state index in [1.807, 2.05) is 0 Å². The Labute approximate surface area is 153 Å². The molecule has 1 N–H and O–H groups in total. The highest BCUT2D eigenvalue weighted by Gasteiger charge is 2.29. The highest BCUT2D eigenvalue weighted by molar-refractivity contribution is 8.00. The number of nitrogens with zero attached hydrogens (tertiary/aromatic N) is 2. The zero-order valence-corrected chi connectivity index (χ0v) is 14.3. The van der Waals surface area contributed by atoms with Gasteiger partial charge in [0.15, 0.2) is 0 Å². The number of aromatic nitrogens is 3. The van der Waals surface area contributed by atoms with Gasteiger partial charge in [-0.2, -0.15) is 18.2 Å².